The highest BCUT2D eigenvalue weighted by atomic mass is 16.5. The first kappa shape index (κ1) is 13.9. The molecule has 1 saturated heterocycles. The SMILES string of the molecule is COc1ccc(CN(C)CC2(C#N)COC2)cc1C. The Balaban J connectivity index is 1.97. The van der Waals surface area contributed by atoms with E-state index in [4.69, 9.17) is 9.47 Å². The highest BCUT2D eigenvalue weighted by Gasteiger charge is 2.39. The Morgan fingerprint density at radius 3 is 2.68 bits per heavy atom. The predicted octanol–water partition coefficient (Wildman–Crippen LogP) is 1.98. The molecule has 1 fully saturated rings. The number of rotatable bonds is 5. The standard InChI is InChI=1S/C15H20N2O2/c1-12-6-13(4-5-14(12)18-3)7-17(2)9-15(8-16)10-19-11-15/h4-6H,7,9-11H2,1-3H3. The van der Waals surface area contributed by atoms with Crippen LogP contribution in [0.5, 0.6) is 5.75 Å². The van der Waals surface area contributed by atoms with E-state index in [1.807, 2.05) is 20.0 Å². The van der Waals surface area contributed by atoms with Crippen molar-refractivity contribution in [3.8, 4) is 11.8 Å². The molecule has 4 heteroatoms. The second-order valence-electron chi connectivity index (χ2n) is 5.36. The van der Waals surface area contributed by atoms with Gasteiger partial charge in [-0.05, 0) is 31.2 Å². The lowest BCUT2D eigenvalue weighted by Crippen LogP contribution is -2.48. The van der Waals surface area contributed by atoms with Crippen molar-refractivity contribution >= 4 is 0 Å². The van der Waals surface area contributed by atoms with Crippen LogP contribution in [-0.2, 0) is 11.3 Å². The van der Waals surface area contributed by atoms with Crippen LogP contribution < -0.4 is 4.74 Å². The Labute approximate surface area is 114 Å². The van der Waals surface area contributed by atoms with Crippen LogP contribution >= 0.6 is 0 Å². The molecule has 102 valence electrons. The van der Waals surface area contributed by atoms with Crippen LogP contribution in [0.2, 0.25) is 0 Å². The third-order valence-corrected chi connectivity index (χ3v) is 3.48. The summed E-state index contributed by atoms with van der Waals surface area (Å²) in [5.74, 6) is 0.910. The zero-order valence-electron chi connectivity index (χ0n) is 11.8. The highest BCUT2D eigenvalue weighted by molar-refractivity contribution is 5.36. The summed E-state index contributed by atoms with van der Waals surface area (Å²) in [5, 5.41) is 9.19. The summed E-state index contributed by atoms with van der Waals surface area (Å²) in [7, 11) is 3.72. The van der Waals surface area contributed by atoms with Gasteiger partial charge in [-0.15, -0.1) is 0 Å². The minimum atomic E-state index is -0.309. The molecule has 4 nitrogen and oxygen atoms in total. The number of hydrogen-bond acceptors (Lipinski definition) is 4. The van der Waals surface area contributed by atoms with E-state index >= 15 is 0 Å². The third kappa shape index (κ3) is 3.06. The largest absolute Gasteiger partial charge is 0.496 e. The van der Waals surface area contributed by atoms with Crippen LogP contribution in [0.1, 0.15) is 11.1 Å². The van der Waals surface area contributed by atoms with E-state index in [1.54, 1.807) is 7.11 Å². The van der Waals surface area contributed by atoms with Gasteiger partial charge >= 0.3 is 0 Å². The summed E-state index contributed by atoms with van der Waals surface area (Å²) < 4.78 is 10.4. The number of ether oxygens (including phenoxy) is 2. The zero-order valence-corrected chi connectivity index (χ0v) is 11.8. The number of methoxy groups -OCH3 is 1. The molecule has 0 radical (unpaired) electrons. The molecule has 0 aromatic heterocycles. The fourth-order valence-electron chi connectivity index (χ4n) is 2.46. The summed E-state index contributed by atoms with van der Waals surface area (Å²) in [4.78, 5) is 2.17. The van der Waals surface area contributed by atoms with E-state index in [9.17, 15) is 5.26 Å². The maximum atomic E-state index is 9.19. The molecule has 1 aromatic carbocycles. The summed E-state index contributed by atoms with van der Waals surface area (Å²) in [6.45, 7) is 4.71. The van der Waals surface area contributed by atoms with Crippen molar-refractivity contribution < 1.29 is 9.47 Å². The summed E-state index contributed by atoms with van der Waals surface area (Å²) in [6, 6.07) is 8.56. The third-order valence-electron chi connectivity index (χ3n) is 3.48. The first-order valence-corrected chi connectivity index (χ1v) is 6.40. The maximum absolute atomic E-state index is 9.19. The van der Waals surface area contributed by atoms with Gasteiger partial charge in [0.25, 0.3) is 0 Å². The predicted molar refractivity (Wildman–Crippen MR) is 72.9 cm³/mol. The average Bonchev–Trinajstić information content (AvgIpc) is 2.34. The Morgan fingerprint density at radius 1 is 1.47 bits per heavy atom. The van der Waals surface area contributed by atoms with Crippen molar-refractivity contribution in [2.45, 2.75) is 13.5 Å². The molecule has 0 unspecified atom stereocenters. The Kier molecular flexibility index (Phi) is 4.08. The number of nitriles is 1. The molecule has 0 amide bonds. The lowest BCUT2D eigenvalue weighted by atomic mass is 9.87. The van der Waals surface area contributed by atoms with Crippen LogP contribution in [0.25, 0.3) is 0 Å². The van der Waals surface area contributed by atoms with Crippen molar-refractivity contribution in [1.82, 2.24) is 4.90 Å². The van der Waals surface area contributed by atoms with Gasteiger partial charge in [0.1, 0.15) is 11.2 Å². The Morgan fingerprint density at radius 2 is 2.21 bits per heavy atom. The van der Waals surface area contributed by atoms with Crippen LogP contribution in [0.4, 0.5) is 0 Å². The van der Waals surface area contributed by atoms with Gasteiger partial charge < -0.3 is 14.4 Å². The highest BCUT2D eigenvalue weighted by Crippen LogP contribution is 2.28. The number of benzene rings is 1. The van der Waals surface area contributed by atoms with Gasteiger partial charge in [0, 0.05) is 13.1 Å². The zero-order chi connectivity index (χ0) is 13.9. The van der Waals surface area contributed by atoms with E-state index in [1.165, 1.54) is 5.56 Å². The topological polar surface area (TPSA) is 45.5 Å². The van der Waals surface area contributed by atoms with Crippen molar-refractivity contribution in [1.29, 1.82) is 5.26 Å². The van der Waals surface area contributed by atoms with Crippen molar-refractivity contribution in [2.75, 3.05) is 33.9 Å². The number of hydrogen-bond donors (Lipinski definition) is 0. The molecule has 1 aliphatic rings. The molecule has 2 rings (SSSR count). The first-order chi connectivity index (χ1) is 9.08. The van der Waals surface area contributed by atoms with Crippen molar-refractivity contribution in [3.05, 3.63) is 29.3 Å². The van der Waals surface area contributed by atoms with E-state index in [0.29, 0.717) is 13.2 Å². The molecule has 0 N–H and O–H groups in total. The van der Waals surface area contributed by atoms with Crippen LogP contribution in [0.3, 0.4) is 0 Å². The van der Waals surface area contributed by atoms with E-state index < -0.39 is 0 Å². The van der Waals surface area contributed by atoms with Crippen molar-refractivity contribution in [2.24, 2.45) is 5.41 Å². The van der Waals surface area contributed by atoms with Crippen LogP contribution in [0.15, 0.2) is 18.2 Å². The molecule has 0 atom stereocenters. The molecular weight excluding hydrogens is 240 g/mol. The normalized spacial score (nSPS) is 16.8. The second-order valence-corrected chi connectivity index (χ2v) is 5.36. The van der Waals surface area contributed by atoms with Gasteiger partial charge in [0.05, 0.1) is 26.4 Å². The van der Waals surface area contributed by atoms with E-state index in [-0.39, 0.29) is 5.41 Å². The summed E-state index contributed by atoms with van der Waals surface area (Å²) >= 11 is 0. The van der Waals surface area contributed by atoms with Crippen molar-refractivity contribution in [3.63, 3.8) is 0 Å². The monoisotopic (exact) mass is 260 g/mol. The number of nitrogens with zero attached hydrogens (tertiary/aromatic N) is 2. The summed E-state index contributed by atoms with van der Waals surface area (Å²) in [6.07, 6.45) is 0. The summed E-state index contributed by atoms with van der Waals surface area (Å²) in [5.41, 5.74) is 2.06. The van der Waals surface area contributed by atoms with E-state index in [2.05, 4.69) is 23.1 Å². The molecule has 0 spiro atoms. The molecule has 19 heavy (non-hydrogen) atoms. The lowest BCUT2D eigenvalue weighted by molar-refractivity contribution is -0.0895. The Bertz CT molecular complexity index is 489. The van der Waals surface area contributed by atoms with Crippen LogP contribution in [-0.4, -0.2) is 38.8 Å². The van der Waals surface area contributed by atoms with Gasteiger partial charge in [-0.25, -0.2) is 0 Å². The fraction of sp³-hybridized carbons (Fsp3) is 0.533. The minimum Gasteiger partial charge on any atom is -0.496 e. The lowest BCUT2D eigenvalue weighted by Gasteiger charge is -2.38. The van der Waals surface area contributed by atoms with Gasteiger partial charge in [-0.1, -0.05) is 12.1 Å². The molecule has 0 aliphatic carbocycles. The molecule has 0 saturated carbocycles. The van der Waals surface area contributed by atoms with Gasteiger partial charge in [0.15, 0.2) is 0 Å². The maximum Gasteiger partial charge on any atom is 0.121 e. The Hall–Kier alpha value is -1.57. The molecule has 1 aromatic rings. The van der Waals surface area contributed by atoms with E-state index in [0.717, 1.165) is 24.4 Å². The molecule has 0 bridgehead atoms. The fourth-order valence-corrected chi connectivity index (χ4v) is 2.46. The first-order valence-electron chi connectivity index (χ1n) is 6.40. The molecule has 1 aliphatic heterocycles. The second kappa shape index (κ2) is 5.60. The van der Waals surface area contributed by atoms with Gasteiger partial charge in [0.2, 0.25) is 0 Å². The van der Waals surface area contributed by atoms with Crippen LogP contribution in [0, 0.1) is 23.7 Å². The molecule has 1 heterocycles. The van der Waals surface area contributed by atoms with Gasteiger partial charge in [-0.3, -0.25) is 0 Å². The quantitative estimate of drug-likeness (QED) is 0.812. The molecular formula is C15H20N2O2. The smallest absolute Gasteiger partial charge is 0.121 e. The average molecular weight is 260 g/mol. The minimum absolute atomic E-state index is 0.309. The van der Waals surface area contributed by atoms with Gasteiger partial charge in [-0.2, -0.15) is 5.26 Å². The number of aryl methyl sites for hydroxylation is 1.